The van der Waals surface area contributed by atoms with E-state index in [1.165, 1.54) is 30.3 Å². The Balaban J connectivity index is 2.53. The smallest absolute Gasteiger partial charge is 0.339 e. The van der Waals surface area contributed by atoms with Gasteiger partial charge in [0, 0.05) is 4.47 Å². The van der Waals surface area contributed by atoms with Gasteiger partial charge in [-0.2, -0.15) is 5.26 Å². The summed E-state index contributed by atoms with van der Waals surface area (Å²) < 4.78 is 32.6. The Kier molecular flexibility index (Phi) is 5.03. The number of esters is 1. The van der Waals surface area contributed by atoms with Gasteiger partial charge in [0.2, 0.25) is 0 Å². The van der Waals surface area contributed by atoms with Crippen LogP contribution in [0.5, 0.6) is 0 Å². The summed E-state index contributed by atoms with van der Waals surface area (Å²) in [6.07, 6.45) is 0. The number of para-hydroxylation sites is 1. The van der Waals surface area contributed by atoms with E-state index in [4.69, 9.17) is 5.26 Å². The summed E-state index contributed by atoms with van der Waals surface area (Å²) in [6.45, 7) is 0. The van der Waals surface area contributed by atoms with Gasteiger partial charge < -0.3 is 4.74 Å². The van der Waals surface area contributed by atoms with E-state index in [-0.39, 0.29) is 21.7 Å². The molecule has 0 aliphatic carbocycles. The topological polar surface area (TPSA) is 96.3 Å². The molecule has 2 aromatic rings. The van der Waals surface area contributed by atoms with Gasteiger partial charge >= 0.3 is 5.97 Å². The van der Waals surface area contributed by atoms with Crippen molar-refractivity contribution >= 4 is 37.6 Å². The average Bonchev–Trinajstić information content (AvgIpc) is 2.53. The van der Waals surface area contributed by atoms with Gasteiger partial charge in [-0.05, 0) is 30.3 Å². The van der Waals surface area contributed by atoms with Crippen molar-refractivity contribution < 1.29 is 17.9 Å². The first-order valence-corrected chi connectivity index (χ1v) is 8.56. The first kappa shape index (κ1) is 17.0. The van der Waals surface area contributed by atoms with E-state index in [0.29, 0.717) is 4.47 Å². The maximum Gasteiger partial charge on any atom is 0.339 e. The summed E-state index contributed by atoms with van der Waals surface area (Å²) in [4.78, 5) is 11.6. The van der Waals surface area contributed by atoms with Gasteiger partial charge in [-0.1, -0.05) is 28.1 Å². The van der Waals surface area contributed by atoms with Crippen LogP contribution in [-0.4, -0.2) is 21.5 Å². The van der Waals surface area contributed by atoms with Crippen LogP contribution in [0.15, 0.2) is 51.8 Å². The van der Waals surface area contributed by atoms with Gasteiger partial charge in [0.15, 0.2) is 0 Å². The zero-order chi connectivity index (χ0) is 17.0. The fourth-order valence-electron chi connectivity index (χ4n) is 1.88. The molecule has 0 unspecified atom stereocenters. The van der Waals surface area contributed by atoms with Crippen LogP contribution in [-0.2, 0) is 14.8 Å². The lowest BCUT2D eigenvalue weighted by molar-refractivity contribution is 0.0596. The highest BCUT2D eigenvalue weighted by molar-refractivity contribution is 9.10. The number of anilines is 1. The maximum absolute atomic E-state index is 12.6. The van der Waals surface area contributed by atoms with E-state index >= 15 is 0 Å². The van der Waals surface area contributed by atoms with Crippen molar-refractivity contribution in [2.24, 2.45) is 0 Å². The number of nitriles is 1. The van der Waals surface area contributed by atoms with Crippen LogP contribution in [0.25, 0.3) is 0 Å². The van der Waals surface area contributed by atoms with Crippen molar-refractivity contribution in [3.63, 3.8) is 0 Å². The predicted molar refractivity (Wildman–Crippen MR) is 87.4 cm³/mol. The minimum absolute atomic E-state index is 0.108. The van der Waals surface area contributed by atoms with Crippen LogP contribution in [0, 0.1) is 11.3 Å². The highest BCUT2D eigenvalue weighted by Gasteiger charge is 2.24. The number of rotatable bonds is 4. The second kappa shape index (κ2) is 6.81. The van der Waals surface area contributed by atoms with Gasteiger partial charge in [-0.15, -0.1) is 0 Å². The standard InChI is InChI=1S/C15H11BrN2O4S/c1-22-15(19)12-8-11(16)6-7-14(12)23(20,21)18-13-5-3-2-4-10(13)9-17/h2-8,18H,1H3. The van der Waals surface area contributed by atoms with Crippen LogP contribution in [0.2, 0.25) is 0 Å². The minimum Gasteiger partial charge on any atom is -0.465 e. The van der Waals surface area contributed by atoms with Crippen LogP contribution in [0.3, 0.4) is 0 Å². The molecule has 2 aromatic carbocycles. The molecule has 0 aromatic heterocycles. The number of methoxy groups -OCH3 is 1. The van der Waals surface area contributed by atoms with Crippen molar-refractivity contribution in [1.82, 2.24) is 0 Å². The van der Waals surface area contributed by atoms with Gasteiger partial charge in [0.25, 0.3) is 10.0 Å². The van der Waals surface area contributed by atoms with Crippen LogP contribution in [0.4, 0.5) is 5.69 Å². The normalized spacial score (nSPS) is 10.7. The molecule has 23 heavy (non-hydrogen) atoms. The molecule has 0 spiro atoms. The van der Waals surface area contributed by atoms with Crippen molar-refractivity contribution in [2.75, 3.05) is 11.8 Å². The summed E-state index contributed by atoms with van der Waals surface area (Å²) in [6, 6.07) is 12.2. The van der Waals surface area contributed by atoms with Crippen LogP contribution < -0.4 is 4.72 Å². The Morgan fingerprint density at radius 2 is 1.96 bits per heavy atom. The molecule has 2 rings (SSSR count). The molecule has 1 N–H and O–H groups in total. The molecule has 0 radical (unpaired) electrons. The predicted octanol–water partition coefficient (Wildman–Crippen LogP) is 2.91. The van der Waals surface area contributed by atoms with Crippen LogP contribution in [0.1, 0.15) is 15.9 Å². The van der Waals surface area contributed by atoms with Gasteiger partial charge in [-0.25, -0.2) is 13.2 Å². The molecule has 0 heterocycles. The first-order valence-electron chi connectivity index (χ1n) is 6.29. The molecule has 8 heteroatoms. The highest BCUT2D eigenvalue weighted by atomic mass is 79.9. The molecule has 6 nitrogen and oxygen atoms in total. The molecule has 0 saturated carbocycles. The lowest BCUT2D eigenvalue weighted by Crippen LogP contribution is -2.18. The largest absolute Gasteiger partial charge is 0.465 e. The molecule has 0 aliphatic heterocycles. The number of sulfonamides is 1. The Hall–Kier alpha value is -2.37. The lowest BCUT2D eigenvalue weighted by atomic mass is 10.2. The number of carbonyl (C=O) groups excluding carboxylic acids is 1. The second-order valence-electron chi connectivity index (χ2n) is 4.39. The maximum atomic E-state index is 12.6. The van der Waals surface area contributed by atoms with Crippen LogP contribution >= 0.6 is 15.9 Å². The highest BCUT2D eigenvalue weighted by Crippen LogP contribution is 2.25. The van der Waals surface area contributed by atoms with Gasteiger partial charge in [0.1, 0.15) is 11.0 Å². The van der Waals surface area contributed by atoms with E-state index in [1.54, 1.807) is 12.1 Å². The summed E-state index contributed by atoms with van der Waals surface area (Å²) in [5.74, 6) is -0.778. The summed E-state index contributed by atoms with van der Waals surface area (Å²) in [5, 5.41) is 9.04. The molecule has 0 fully saturated rings. The zero-order valence-electron chi connectivity index (χ0n) is 11.9. The number of halogens is 1. The fourth-order valence-corrected chi connectivity index (χ4v) is 3.49. The number of ether oxygens (including phenoxy) is 1. The molecule has 118 valence electrons. The summed E-state index contributed by atoms with van der Waals surface area (Å²) >= 11 is 3.18. The van der Waals surface area contributed by atoms with Crippen molar-refractivity contribution in [2.45, 2.75) is 4.90 Å². The number of nitrogens with zero attached hydrogens (tertiary/aromatic N) is 1. The average molecular weight is 395 g/mol. The second-order valence-corrected chi connectivity index (χ2v) is 6.96. The Morgan fingerprint density at radius 3 is 2.61 bits per heavy atom. The number of benzene rings is 2. The monoisotopic (exact) mass is 394 g/mol. The number of carbonyl (C=O) groups is 1. The molecular formula is C15H11BrN2O4S. The van der Waals surface area contributed by atoms with E-state index in [2.05, 4.69) is 25.4 Å². The van der Waals surface area contributed by atoms with Gasteiger partial charge in [-0.3, -0.25) is 4.72 Å². The number of hydrogen-bond donors (Lipinski definition) is 1. The van der Waals surface area contributed by atoms with E-state index in [1.807, 2.05) is 6.07 Å². The zero-order valence-corrected chi connectivity index (χ0v) is 14.3. The van der Waals surface area contributed by atoms with E-state index in [0.717, 1.165) is 7.11 Å². The molecule has 0 aliphatic rings. The number of hydrogen-bond acceptors (Lipinski definition) is 5. The van der Waals surface area contributed by atoms with Crippen molar-refractivity contribution in [3.8, 4) is 6.07 Å². The van der Waals surface area contributed by atoms with Crippen molar-refractivity contribution in [1.29, 1.82) is 5.26 Å². The SMILES string of the molecule is COC(=O)c1cc(Br)ccc1S(=O)(=O)Nc1ccccc1C#N. The minimum atomic E-state index is -4.07. The fraction of sp³-hybridized carbons (Fsp3) is 0.0667. The molecule has 0 amide bonds. The van der Waals surface area contributed by atoms with E-state index in [9.17, 15) is 13.2 Å². The molecule has 0 saturated heterocycles. The molecular weight excluding hydrogens is 384 g/mol. The molecule has 0 bridgehead atoms. The van der Waals surface area contributed by atoms with Gasteiger partial charge in [0.05, 0.1) is 23.9 Å². The number of nitrogens with one attached hydrogen (secondary N) is 1. The third-order valence-corrected chi connectivity index (χ3v) is 4.85. The third kappa shape index (κ3) is 3.70. The summed E-state index contributed by atoms with van der Waals surface area (Å²) in [7, 11) is -2.91. The lowest BCUT2D eigenvalue weighted by Gasteiger charge is -2.12. The third-order valence-electron chi connectivity index (χ3n) is 2.93. The Labute approximate surface area is 141 Å². The first-order chi connectivity index (χ1) is 10.9. The summed E-state index contributed by atoms with van der Waals surface area (Å²) in [5.41, 5.74) is 0.199. The van der Waals surface area contributed by atoms with Crippen molar-refractivity contribution in [3.05, 3.63) is 58.1 Å². The Bertz CT molecular complexity index is 904. The Morgan fingerprint density at radius 1 is 1.26 bits per heavy atom. The molecule has 0 atom stereocenters. The quantitative estimate of drug-likeness (QED) is 0.804. The van der Waals surface area contributed by atoms with E-state index < -0.39 is 16.0 Å².